The van der Waals surface area contributed by atoms with Gasteiger partial charge in [0.1, 0.15) is 0 Å². The van der Waals surface area contributed by atoms with E-state index >= 15 is 0 Å². The molecule has 94 valence electrons. The second-order valence-electron chi connectivity index (χ2n) is 4.95. The zero-order chi connectivity index (χ0) is 13.0. The summed E-state index contributed by atoms with van der Waals surface area (Å²) >= 11 is 0. The Morgan fingerprint density at radius 1 is 0.944 bits per heavy atom. The average molecular weight is 240 g/mol. The van der Waals surface area contributed by atoms with Gasteiger partial charge in [-0.1, -0.05) is 74.5 Å². The number of benzene rings is 2. The molecule has 0 saturated carbocycles. The first-order valence-electron chi connectivity index (χ1n) is 6.47. The van der Waals surface area contributed by atoms with Crippen LogP contribution >= 0.6 is 0 Å². The molecule has 0 aliphatic heterocycles. The maximum Gasteiger partial charge on any atom is 0.0883 e. The van der Waals surface area contributed by atoms with E-state index in [1.165, 1.54) is 5.56 Å². The van der Waals surface area contributed by atoms with Crippen LogP contribution in [0.4, 0.5) is 0 Å². The van der Waals surface area contributed by atoms with E-state index in [-0.39, 0.29) is 5.41 Å². The molecule has 0 aliphatic rings. The van der Waals surface area contributed by atoms with Gasteiger partial charge in [-0.25, -0.2) is 0 Å². The zero-order valence-electron chi connectivity index (χ0n) is 11.0. The van der Waals surface area contributed by atoms with E-state index in [0.29, 0.717) is 0 Å². The van der Waals surface area contributed by atoms with Crippen LogP contribution in [0.25, 0.3) is 0 Å². The topological polar surface area (TPSA) is 20.2 Å². The van der Waals surface area contributed by atoms with Gasteiger partial charge in [0.15, 0.2) is 0 Å². The van der Waals surface area contributed by atoms with Gasteiger partial charge in [-0.05, 0) is 17.5 Å². The summed E-state index contributed by atoms with van der Waals surface area (Å²) in [5, 5.41) is 10.7. The minimum absolute atomic E-state index is 0.247. The number of hydrogen-bond acceptors (Lipinski definition) is 1. The Morgan fingerprint density at radius 3 is 1.94 bits per heavy atom. The zero-order valence-corrected chi connectivity index (χ0v) is 11.0. The van der Waals surface area contributed by atoms with Crippen LogP contribution < -0.4 is 0 Å². The lowest BCUT2D eigenvalue weighted by Gasteiger charge is -2.34. The molecule has 0 aliphatic carbocycles. The van der Waals surface area contributed by atoms with Gasteiger partial charge in [0.2, 0.25) is 0 Å². The summed E-state index contributed by atoms with van der Waals surface area (Å²) in [4.78, 5) is 0. The molecule has 1 heteroatoms. The van der Waals surface area contributed by atoms with Crippen LogP contribution in [0.15, 0.2) is 60.7 Å². The van der Waals surface area contributed by atoms with Gasteiger partial charge in [0, 0.05) is 5.41 Å². The average Bonchev–Trinajstić information content (AvgIpc) is 2.47. The summed E-state index contributed by atoms with van der Waals surface area (Å²) in [5.41, 5.74) is 1.91. The smallest absolute Gasteiger partial charge is 0.0883 e. The molecule has 0 saturated heterocycles. The van der Waals surface area contributed by atoms with Crippen LogP contribution in [-0.4, -0.2) is 5.11 Å². The van der Waals surface area contributed by atoms with Crippen molar-refractivity contribution in [2.45, 2.75) is 31.8 Å². The maximum atomic E-state index is 10.7. The molecule has 0 unspecified atom stereocenters. The fourth-order valence-corrected chi connectivity index (χ4v) is 2.38. The van der Waals surface area contributed by atoms with E-state index in [1.54, 1.807) is 0 Å². The van der Waals surface area contributed by atoms with Crippen molar-refractivity contribution in [2.24, 2.45) is 0 Å². The summed E-state index contributed by atoms with van der Waals surface area (Å²) in [6, 6.07) is 20.1. The van der Waals surface area contributed by atoms with Crippen molar-refractivity contribution in [3.63, 3.8) is 0 Å². The molecule has 18 heavy (non-hydrogen) atoms. The fourth-order valence-electron chi connectivity index (χ4n) is 2.38. The normalized spacial score (nSPS) is 15.9. The van der Waals surface area contributed by atoms with Gasteiger partial charge in [0.25, 0.3) is 0 Å². The highest BCUT2D eigenvalue weighted by atomic mass is 16.3. The Balaban J connectivity index is 2.39. The van der Waals surface area contributed by atoms with Crippen molar-refractivity contribution in [3.05, 3.63) is 71.8 Å². The molecule has 0 fully saturated rings. The monoisotopic (exact) mass is 240 g/mol. The first-order valence-corrected chi connectivity index (χ1v) is 6.47. The van der Waals surface area contributed by atoms with Crippen LogP contribution in [-0.2, 0) is 5.41 Å². The second-order valence-corrected chi connectivity index (χ2v) is 4.95. The van der Waals surface area contributed by atoms with Crippen molar-refractivity contribution in [1.29, 1.82) is 0 Å². The van der Waals surface area contributed by atoms with E-state index in [2.05, 4.69) is 26.0 Å². The molecule has 2 aromatic carbocycles. The standard InChI is InChI=1S/C17H20O/c1-3-17(2,15-12-8-5-9-13-15)16(18)14-10-6-4-7-11-14/h4-13,16,18H,3H2,1-2H3/t16-,17-/m1/s1. The Kier molecular flexibility index (Phi) is 3.83. The van der Waals surface area contributed by atoms with Crippen molar-refractivity contribution in [2.75, 3.05) is 0 Å². The quantitative estimate of drug-likeness (QED) is 0.853. The van der Waals surface area contributed by atoms with Crippen LogP contribution in [0, 0.1) is 0 Å². The van der Waals surface area contributed by atoms with Crippen molar-refractivity contribution in [1.82, 2.24) is 0 Å². The van der Waals surface area contributed by atoms with Gasteiger partial charge in [-0.3, -0.25) is 0 Å². The maximum absolute atomic E-state index is 10.7. The fraction of sp³-hybridized carbons (Fsp3) is 0.294. The second kappa shape index (κ2) is 5.36. The van der Waals surface area contributed by atoms with Gasteiger partial charge in [-0.2, -0.15) is 0 Å². The number of aliphatic hydroxyl groups is 1. The van der Waals surface area contributed by atoms with E-state index < -0.39 is 6.10 Å². The third-order valence-electron chi connectivity index (χ3n) is 3.89. The molecule has 1 nitrogen and oxygen atoms in total. The summed E-state index contributed by atoms with van der Waals surface area (Å²) in [6.45, 7) is 4.25. The predicted molar refractivity (Wildman–Crippen MR) is 75.5 cm³/mol. The molecule has 0 radical (unpaired) electrons. The predicted octanol–water partition coefficient (Wildman–Crippen LogP) is 4.09. The van der Waals surface area contributed by atoms with E-state index in [9.17, 15) is 5.11 Å². The molecule has 1 N–H and O–H groups in total. The highest BCUT2D eigenvalue weighted by Crippen LogP contribution is 2.39. The first-order chi connectivity index (χ1) is 8.68. The lowest BCUT2D eigenvalue weighted by atomic mass is 9.73. The third-order valence-corrected chi connectivity index (χ3v) is 3.89. The van der Waals surface area contributed by atoms with Gasteiger partial charge in [-0.15, -0.1) is 0 Å². The highest BCUT2D eigenvalue weighted by molar-refractivity contribution is 5.31. The Morgan fingerprint density at radius 2 is 1.44 bits per heavy atom. The minimum atomic E-state index is -0.480. The minimum Gasteiger partial charge on any atom is -0.387 e. The third kappa shape index (κ3) is 2.32. The summed E-state index contributed by atoms with van der Waals surface area (Å²) in [7, 11) is 0. The number of aliphatic hydroxyl groups excluding tert-OH is 1. The van der Waals surface area contributed by atoms with Gasteiger partial charge in [0.05, 0.1) is 6.10 Å². The van der Waals surface area contributed by atoms with Crippen LogP contribution in [0.3, 0.4) is 0 Å². The molecule has 0 aromatic heterocycles. The van der Waals surface area contributed by atoms with Crippen molar-refractivity contribution in [3.8, 4) is 0 Å². The molecule has 0 amide bonds. The molecular weight excluding hydrogens is 220 g/mol. The van der Waals surface area contributed by atoms with E-state index in [1.807, 2.05) is 48.5 Å². The van der Waals surface area contributed by atoms with Crippen LogP contribution in [0.2, 0.25) is 0 Å². The molecule has 0 bridgehead atoms. The summed E-state index contributed by atoms with van der Waals surface area (Å²) < 4.78 is 0. The Bertz CT molecular complexity index is 477. The number of hydrogen-bond donors (Lipinski definition) is 1. The van der Waals surface area contributed by atoms with Crippen LogP contribution in [0.1, 0.15) is 37.5 Å². The summed E-state index contributed by atoms with van der Waals surface area (Å²) in [6.07, 6.45) is 0.415. The molecule has 0 spiro atoms. The molecule has 0 heterocycles. The van der Waals surface area contributed by atoms with E-state index in [4.69, 9.17) is 0 Å². The van der Waals surface area contributed by atoms with Gasteiger partial charge >= 0.3 is 0 Å². The Hall–Kier alpha value is -1.60. The first kappa shape index (κ1) is 12.8. The molecular formula is C17H20O. The van der Waals surface area contributed by atoms with E-state index in [0.717, 1.165) is 12.0 Å². The van der Waals surface area contributed by atoms with Crippen molar-refractivity contribution >= 4 is 0 Å². The van der Waals surface area contributed by atoms with Gasteiger partial charge < -0.3 is 5.11 Å². The lowest BCUT2D eigenvalue weighted by molar-refractivity contribution is 0.0869. The SMILES string of the molecule is CC[C@](C)(c1ccccc1)[C@H](O)c1ccccc1. The van der Waals surface area contributed by atoms with Crippen LogP contribution in [0.5, 0.6) is 0 Å². The molecule has 2 aromatic rings. The van der Waals surface area contributed by atoms with Crippen molar-refractivity contribution < 1.29 is 5.11 Å². The molecule has 2 atom stereocenters. The summed E-state index contributed by atoms with van der Waals surface area (Å²) in [5.74, 6) is 0. The Labute approximate surface area is 109 Å². The number of rotatable bonds is 4. The largest absolute Gasteiger partial charge is 0.387 e. The highest BCUT2D eigenvalue weighted by Gasteiger charge is 2.33. The molecule has 2 rings (SSSR count). The lowest BCUT2D eigenvalue weighted by Crippen LogP contribution is -2.29.